The largest absolute Gasteiger partial charge is 0.496 e. The number of thioether (sulfide) groups is 1. The van der Waals surface area contributed by atoms with E-state index in [0.717, 1.165) is 38.4 Å². The van der Waals surface area contributed by atoms with E-state index in [4.69, 9.17) is 4.74 Å². The van der Waals surface area contributed by atoms with Crippen LogP contribution in [0.1, 0.15) is 16.7 Å². The maximum atomic E-state index is 12.1. The molecule has 0 aliphatic heterocycles. The lowest BCUT2D eigenvalue weighted by Crippen LogP contribution is -2.15. The molecule has 2 aromatic rings. The zero-order chi connectivity index (χ0) is 16.8. The van der Waals surface area contributed by atoms with Gasteiger partial charge in [0.2, 0.25) is 5.91 Å². The molecule has 0 spiro atoms. The van der Waals surface area contributed by atoms with E-state index in [9.17, 15) is 4.79 Å². The van der Waals surface area contributed by atoms with Gasteiger partial charge in [0.25, 0.3) is 0 Å². The zero-order valence-electron chi connectivity index (χ0n) is 13.5. The summed E-state index contributed by atoms with van der Waals surface area (Å²) in [6.07, 6.45) is 0. The Morgan fingerprint density at radius 3 is 2.52 bits per heavy atom. The molecule has 0 fully saturated rings. The molecule has 0 heterocycles. The fourth-order valence-electron chi connectivity index (χ4n) is 2.25. The first-order valence-corrected chi connectivity index (χ1v) is 9.22. The third-order valence-electron chi connectivity index (χ3n) is 3.46. The molecule has 0 saturated heterocycles. The van der Waals surface area contributed by atoms with Gasteiger partial charge in [-0.25, -0.2) is 0 Å². The SMILES string of the molecule is COc1ccc(CSCC(=O)Nc2c(C)cccc2C)cc1Br. The number of ether oxygens (including phenoxy) is 1. The van der Waals surface area contributed by atoms with Gasteiger partial charge in [0.1, 0.15) is 5.75 Å². The van der Waals surface area contributed by atoms with Crippen LogP contribution in [0.25, 0.3) is 0 Å². The van der Waals surface area contributed by atoms with Crippen molar-refractivity contribution in [2.75, 3.05) is 18.2 Å². The fraction of sp³-hybridized carbons (Fsp3) is 0.278. The number of nitrogens with one attached hydrogen (secondary N) is 1. The van der Waals surface area contributed by atoms with Gasteiger partial charge in [-0.15, -0.1) is 11.8 Å². The summed E-state index contributed by atoms with van der Waals surface area (Å²) in [5.41, 5.74) is 4.25. The predicted molar refractivity (Wildman–Crippen MR) is 101 cm³/mol. The number of benzene rings is 2. The third-order valence-corrected chi connectivity index (χ3v) is 5.09. The maximum Gasteiger partial charge on any atom is 0.234 e. The summed E-state index contributed by atoms with van der Waals surface area (Å²) in [5.74, 6) is 2.05. The Kier molecular flexibility index (Phi) is 6.54. The van der Waals surface area contributed by atoms with Crippen molar-refractivity contribution < 1.29 is 9.53 Å². The molecule has 1 N–H and O–H groups in total. The van der Waals surface area contributed by atoms with Gasteiger partial charge in [-0.05, 0) is 58.6 Å². The summed E-state index contributed by atoms with van der Waals surface area (Å²) in [7, 11) is 1.65. The standard InChI is InChI=1S/C18H20BrNO2S/c1-12-5-4-6-13(2)18(12)20-17(21)11-23-10-14-7-8-16(22-3)15(19)9-14/h4-9H,10-11H2,1-3H3,(H,20,21). The molecule has 1 amide bonds. The summed E-state index contributed by atoms with van der Waals surface area (Å²) in [6.45, 7) is 4.01. The Hall–Kier alpha value is -1.46. The van der Waals surface area contributed by atoms with Gasteiger partial charge >= 0.3 is 0 Å². The van der Waals surface area contributed by atoms with Crippen LogP contribution in [0, 0.1) is 13.8 Å². The number of hydrogen-bond acceptors (Lipinski definition) is 3. The highest BCUT2D eigenvalue weighted by atomic mass is 79.9. The topological polar surface area (TPSA) is 38.3 Å². The average molecular weight is 394 g/mol. The lowest BCUT2D eigenvalue weighted by molar-refractivity contribution is -0.113. The van der Waals surface area contributed by atoms with Crippen LogP contribution in [0.15, 0.2) is 40.9 Å². The highest BCUT2D eigenvalue weighted by molar-refractivity contribution is 9.10. The first-order valence-electron chi connectivity index (χ1n) is 7.27. The molecule has 122 valence electrons. The van der Waals surface area contributed by atoms with E-state index in [1.54, 1.807) is 18.9 Å². The normalized spacial score (nSPS) is 10.4. The minimum Gasteiger partial charge on any atom is -0.496 e. The molecular weight excluding hydrogens is 374 g/mol. The number of amides is 1. The number of para-hydroxylation sites is 1. The molecule has 0 bridgehead atoms. The number of rotatable bonds is 6. The van der Waals surface area contributed by atoms with Crippen molar-refractivity contribution >= 4 is 39.3 Å². The zero-order valence-corrected chi connectivity index (χ0v) is 15.9. The molecule has 0 aliphatic carbocycles. The van der Waals surface area contributed by atoms with E-state index in [1.165, 1.54) is 0 Å². The molecule has 0 aliphatic rings. The molecule has 0 unspecified atom stereocenters. The number of carbonyl (C=O) groups is 1. The van der Waals surface area contributed by atoms with Crippen molar-refractivity contribution in [2.45, 2.75) is 19.6 Å². The number of methoxy groups -OCH3 is 1. The van der Waals surface area contributed by atoms with Gasteiger partial charge in [0.15, 0.2) is 0 Å². The Morgan fingerprint density at radius 1 is 1.22 bits per heavy atom. The molecular formula is C18H20BrNO2S. The van der Waals surface area contributed by atoms with Crippen LogP contribution < -0.4 is 10.1 Å². The minimum atomic E-state index is 0.0278. The van der Waals surface area contributed by atoms with E-state index in [2.05, 4.69) is 21.2 Å². The van der Waals surface area contributed by atoms with Crippen molar-refractivity contribution in [3.8, 4) is 5.75 Å². The van der Waals surface area contributed by atoms with E-state index in [1.807, 2.05) is 50.2 Å². The average Bonchev–Trinajstić information content (AvgIpc) is 2.51. The fourth-order valence-corrected chi connectivity index (χ4v) is 3.61. The quantitative estimate of drug-likeness (QED) is 0.754. The van der Waals surface area contributed by atoms with Crippen molar-refractivity contribution in [3.63, 3.8) is 0 Å². The molecule has 0 atom stereocenters. The molecule has 3 nitrogen and oxygen atoms in total. The summed E-state index contributed by atoms with van der Waals surface area (Å²) in [4.78, 5) is 12.1. The van der Waals surface area contributed by atoms with Crippen LogP contribution in [0.2, 0.25) is 0 Å². The molecule has 0 aromatic heterocycles. The van der Waals surface area contributed by atoms with Gasteiger partial charge in [-0.2, -0.15) is 0 Å². The lowest BCUT2D eigenvalue weighted by Gasteiger charge is -2.11. The maximum absolute atomic E-state index is 12.1. The summed E-state index contributed by atoms with van der Waals surface area (Å²) >= 11 is 5.07. The molecule has 23 heavy (non-hydrogen) atoms. The van der Waals surface area contributed by atoms with Crippen LogP contribution >= 0.6 is 27.7 Å². The Morgan fingerprint density at radius 2 is 1.91 bits per heavy atom. The minimum absolute atomic E-state index is 0.0278. The third kappa shape index (κ3) is 5.01. The number of anilines is 1. The van der Waals surface area contributed by atoms with Gasteiger partial charge in [0, 0.05) is 11.4 Å². The van der Waals surface area contributed by atoms with Gasteiger partial charge in [-0.1, -0.05) is 24.3 Å². The molecule has 0 radical (unpaired) electrons. The molecule has 2 rings (SSSR count). The second kappa shape index (κ2) is 8.41. The number of aryl methyl sites for hydroxylation is 2. The number of hydrogen-bond donors (Lipinski definition) is 1. The van der Waals surface area contributed by atoms with Crippen molar-refractivity contribution in [2.24, 2.45) is 0 Å². The molecule has 0 saturated carbocycles. The predicted octanol–water partition coefficient (Wildman–Crippen LogP) is 4.95. The lowest BCUT2D eigenvalue weighted by atomic mass is 10.1. The number of halogens is 1. The Balaban J connectivity index is 1.86. The van der Waals surface area contributed by atoms with Gasteiger partial charge in [0.05, 0.1) is 17.3 Å². The van der Waals surface area contributed by atoms with Gasteiger partial charge < -0.3 is 10.1 Å². The van der Waals surface area contributed by atoms with Crippen molar-refractivity contribution in [3.05, 3.63) is 57.6 Å². The number of carbonyl (C=O) groups excluding carboxylic acids is 1. The van der Waals surface area contributed by atoms with E-state index < -0.39 is 0 Å². The van der Waals surface area contributed by atoms with E-state index >= 15 is 0 Å². The highest BCUT2D eigenvalue weighted by Crippen LogP contribution is 2.27. The molecule has 5 heteroatoms. The first kappa shape index (κ1) is 17.9. The van der Waals surface area contributed by atoms with Gasteiger partial charge in [-0.3, -0.25) is 4.79 Å². The van der Waals surface area contributed by atoms with Crippen molar-refractivity contribution in [1.29, 1.82) is 0 Å². The second-order valence-electron chi connectivity index (χ2n) is 5.28. The molecule has 2 aromatic carbocycles. The Bertz CT molecular complexity index is 683. The smallest absolute Gasteiger partial charge is 0.234 e. The van der Waals surface area contributed by atoms with Crippen molar-refractivity contribution in [1.82, 2.24) is 0 Å². The summed E-state index contributed by atoms with van der Waals surface area (Å²) in [5, 5.41) is 3.01. The highest BCUT2D eigenvalue weighted by Gasteiger charge is 2.08. The van der Waals surface area contributed by atoms with Crippen LogP contribution in [-0.2, 0) is 10.5 Å². The second-order valence-corrected chi connectivity index (χ2v) is 7.12. The Labute approximate surface area is 149 Å². The summed E-state index contributed by atoms with van der Waals surface area (Å²) in [6, 6.07) is 12.0. The van der Waals surface area contributed by atoms with Crippen LogP contribution in [0.4, 0.5) is 5.69 Å². The van der Waals surface area contributed by atoms with Crippen LogP contribution in [-0.4, -0.2) is 18.8 Å². The summed E-state index contributed by atoms with van der Waals surface area (Å²) < 4.78 is 6.14. The van der Waals surface area contributed by atoms with Crippen LogP contribution in [0.3, 0.4) is 0 Å². The first-order chi connectivity index (χ1) is 11.0. The van der Waals surface area contributed by atoms with Crippen LogP contribution in [0.5, 0.6) is 5.75 Å². The van der Waals surface area contributed by atoms with E-state index in [-0.39, 0.29) is 5.91 Å². The van der Waals surface area contributed by atoms with E-state index in [0.29, 0.717) is 5.75 Å². The monoisotopic (exact) mass is 393 g/mol.